The lowest BCUT2D eigenvalue weighted by Gasteiger charge is -2.07. The summed E-state index contributed by atoms with van der Waals surface area (Å²) in [5, 5.41) is 5.89. The Balaban J connectivity index is 1.81. The summed E-state index contributed by atoms with van der Waals surface area (Å²) >= 11 is 1.58. The minimum absolute atomic E-state index is 0.477. The summed E-state index contributed by atoms with van der Waals surface area (Å²) in [5.41, 5.74) is 1.91. The van der Waals surface area contributed by atoms with Gasteiger partial charge in [0.05, 0.1) is 4.70 Å². The van der Waals surface area contributed by atoms with Crippen LogP contribution in [0.15, 0.2) is 53.9 Å². The molecule has 1 heterocycles. The van der Waals surface area contributed by atoms with E-state index in [1.54, 1.807) is 11.3 Å². The van der Waals surface area contributed by atoms with Crippen LogP contribution < -0.4 is 10.1 Å². The number of nitrogens with one attached hydrogen (secondary N) is 1. The number of hydrogen-bond acceptors (Lipinski definition) is 3. The molecule has 0 unspecified atom stereocenters. The van der Waals surface area contributed by atoms with Crippen molar-refractivity contribution in [1.29, 1.82) is 0 Å². The summed E-state index contributed by atoms with van der Waals surface area (Å²) in [7, 11) is 0. The monoisotopic (exact) mass is 283 g/mol. The van der Waals surface area contributed by atoms with E-state index in [0.29, 0.717) is 11.4 Å². The molecule has 1 N–H and O–H groups in total. The molecular weight excluding hydrogens is 270 g/mol. The van der Waals surface area contributed by atoms with Gasteiger partial charge in [-0.2, -0.15) is 0 Å². The number of para-hydroxylation sites is 1. The van der Waals surface area contributed by atoms with Crippen LogP contribution in [0.25, 0.3) is 10.1 Å². The number of carbonyl (C=O) groups is 1. The van der Waals surface area contributed by atoms with Gasteiger partial charge in [-0.05, 0) is 41.5 Å². The number of hydrogen-bond donors (Lipinski definition) is 1. The number of benzene rings is 2. The first kappa shape index (κ1) is 12.7. The lowest BCUT2D eigenvalue weighted by Crippen LogP contribution is -2.16. The van der Waals surface area contributed by atoms with Crippen molar-refractivity contribution in [2.75, 3.05) is 5.32 Å². The number of amides is 1. The van der Waals surface area contributed by atoms with Gasteiger partial charge >= 0.3 is 6.09 Å². The molecule has 0 saturated heterocycles. The molecule has 0 spiro atoms. The number of anilines is 1. The lowest BCUT2D eigenvalue weighted by molar-refractivity contribution is 0.216. The van der Waals surface area contributed by atoms with E-state index >= 15 is 0 Å². The average Bonchev–Trinajstić information content (AvgIpc) is 2.83. The summed E-state index contributed by atoms with van der Waals surface area (Å²) in [5.74, 6) is 0.592. The second-order valence-corrected chi connectivity index (χ2v) is 5.31. The Kier molecular flexibility index (Phi) is 3.39. The van der Waals surface area contributed by atoms with Gasteiger partial charge in [0.25, 0.3) is 0 Å². The molecule has 0 radical (unpaired) electrons. The largest absolute Gasteiger partial charge is 0.417 e. The highest BCUT2D eigenvalue weighted by atomic mass is 32.1. The van der Waals surface area contributed by atoms with Gasteiger partial charge in [-0.25, -0.2) is 4.79 Å². The molecule has 0 fully saturated rings. The van der Waals surface area contributed by atoms with Crippen molar-refractivity contribution >= 4 is 33.2 Å². The molecule has 0 aliphatic carbocycles. The van der Waals surface area contributed by atoms with E-state index in [9.17, 15) is 4.79 Å². The maximum absolute atomic E-state index is 11.9. The summed E-state index contributed by atoms with van der Waals surface area (Å²) in [4.78, 5) is 11.9. The first-order valence-corrected chi connectivity index (χ1v) is 7.13. The summed E-state index contributed by atoms with van der Waals surface area (Å²) in [6.07, 6.45) is -0.477. The van der Waals surface area contributed by atoms with E-state index < -0.39 is 6.09 Å². The first-order valence-electron chi connectivity index (χ1n) is 6.25. The van der Waals surface area contributed by atoms with E-state index in [1.165, 1.54) is 5.56 Å². The molecule has 0 saturated carbocycles. The molecule has 1 aromatic heterocycles. The molecule has 3 nitrogen and oxygen atoms in total. The van der Waals surface area contributed by atoms with Crippen LogP contribution in [0, 0.1) is 6.92 Å². The average molecular weight is 283 g/mol. The van der Waals surface area contributed by atoms with Crippen LogP contribution in [0.4, 0.5) is 10.5 Å². The summed E-state index contributed by atoms with van der Waals surface area (Å²) in [6, 6.07) is 15.0. The van der Waals surface area contributed by atoms with E-state index in [1.807, 2.05) is 55.5 Å². The predicted octanol–water partition coefficient (Wildman–Crippen LogP) is 4.82. The summed E-state index contributed by atoms with van der Waals surface area (Å²) in [6.45, 7) is 2.05. The van der Waals surface area contributed by atoms with Crippen LogP contribution in [0.1, 0.15) is 5.56 Å². The normalized spacial score (nSPS) is 10.4. The van der Waals surface area contributed by atoms with Crippen LogP contribution in [0.5, 0.6) is 5.75 Å². The molecule has 20 heavy (non-hydrogen) atoms. The summed E-state index contributed by atoms with van der Waals surface area (Å²) < 4.78 is 6.40. The molecule has 0 aliphatic rings. The standard InChI is InChI=1S/C16H13NO2S/c1-11-10-20-15-13(11)8-5-9-14(15)19-16(18)17-12-6-3-2-4-7-12/h2-10H,1H3,(H,17,18). The van der Waals surface area contributed by atoms with Crippen molar-refractivity contribution in [3.63, 3.8) is 0 Å². The number of rotatable bonds is 2. The molecule has 4 heteroatoms. The molecular formula is C16H13NO2S. The zero-order valence-corrected chi connectivity index (χ0v) is 11.7. The minimum atomic E-state index is -0.477. The highest BCUT2D eigenvalue weighted by Gasteiger charge is 2.10. The molecule has 0 atom stereocenters. The van der Waals surface area contributed by atoms with Gasteiger partial charge in [-0.1, -0.05) is 30.3 Å². The van der Waals surface area contributed by atoms with Gasteiger partial charge in [0, 0.05) is 5.69 Å². The fourth-order valence-electron chi connectivity index (χ4n) is 2.00. The van der Waals surface area contributed by atoms with Gasteiger partial charge in [-0.15, -0.1) is 11.3 Å². The third-order valence-electron chi connectivity index (χ3n) is 2.98. The van der Waals surface area contributed by atoms with Crippen molar-refractivity contribution in [2.45, 2.75) is 6.92 Å². The van der Waals surface area contributed by atoms with E-state index in [4.69, 9.17) is 4.74 Å². The second-order valence-electron chi connectivity index (χ2n) is 4.43. The SMILES string of the molecule is Cc1csc2c(OC(=O)Nc3ccccc3)cccc12. The number of carbonyl (C=O) groups excluding carboxylic acids is 1. The Morgan fingerprint density at radius 3 is 2.70 bits per heavy atom. The second kappa shape index (κ2) is 5.35. The van der Waals surface area contributed by atoms with E-state index in [-0.39, 0.29) is 0 Å². The van der Waals surface area contributed by atoms with Crippen molar-refractivity contribution in [1.82, 2.24) is 0 Å². The zero-order valence-electron chi connectivity index (χ0n) is 10.9. The number of thiophene rings is 1. The highest BCUT2D eigenvalue weighted by Crippen LogP contribution is 2.33. The lowest BCUT2D eigenvalue weighted by atomic mass is 10.2. The molecule has 0 bridgehead atoms. The molecule has 3 rings (SSSR count). The van der Waals surface area contributed by atoms with Gasteiger partial charge in [0.2, 0.25) is 0 Å². The fourth-order valence-corrected chi connectivity index (χ4v) is 3.01. The van der Waals surface area contributed by atoms with Crippen molar-refractivity contribution in [2.24, 2.45) is 0 Å². The van der Waals surface area contributed by atoms with Gasteiger partial charge < -0.3 is 4.74 Å². The Hall–Kier alpha value is -2.33. The quantitative estimate of drug-likeness (QED) is 0.732. The van der Waals surface area contributed by atoms with Crippen LogP contribution in [0.3, 0.4) is 0 Å². The van der Waals surface area contributed by atoms with Crippen LogP contribution >= 0.6 is 11.3 Å². The predicted molar refractivity (Wildman–Crippen MR) is 82.7 cm³/mol. The van der Waals surface area contributed by atoms with Gasteiger partial charge in [0.15, 0.2) is 5.75 Å². The molecule has 100 valence electrons. The smallest absolute Gasteiger partial charge is 0.409 e. The van der Waals surface area contributed by atoms with E-state index in [2.05, 4.69) is 10.7 Å². The Labute approximate surface area is 120 Å². The maximum atomic E-state index is 11.9. The Morgan fingerprint density at radius 1 is 1.10 bits per heavy atom. The Morgan fingerprint density at radius 2 is 1.90 bits per heavy atom. The van der Waals surface area contributed by atoms with Gasteiger partial charge in [0.1, 0.15) is 0 Å². The van der Waals surface area contributed by atoms with E-state index in [0.717, 1.165) is 10.1 Å². The maximum Gasteiger partial charge on any atom is 0.417 e. The molecule has 2 aromatic carbocycles. The highest BCUT2D eigenvalue weighted by molar-refractivity contribution is 7.17. The van der Waals surface area contributed by atoms with Crippen LogP contribution in [-0.2, 0) is 0 Å². The third kappa shape index (κ3) is 2.51. The minimum Gasteiger partial charge on any atom is -0.409 e. The molecule has 0 aliphatic heterocycles. The first-order chi connectivity index (χ1) is 9.74. The number of ether oxygens (including phenoxy) is 1. The van der Waals surface area contributed by atoms with Crippen molar-refractivity contribution in [3.05, 3.63) is 59.5 Å². The topological polar surface area (TPSA) is 38.3 Å². The van der Waals surface area contributed by atoms with Gasteiger partial charge in [-0.3, -0.25) is 5.32 Å². The Bertz CT molecular complexity index is 750. The number of aryl methyl sites for hydroxylation is 1. The van der Waals surface area contributed by atoms with Crippen LogP contribution in [-0.4, -0.2) is 6.09 Å². The molecule has 1 amide bonds. The fraction of sp³-hybridized carbons (Fsp3) is 0.0625. The van der Waals surface area contributed by atoms with Crippen molar-refractivity contribution in [3.8, 4) is 5.75 Å². The molecule has 3 aromatic rings. The third-order valence-corrected chi connectivity index (χ3v) is 4.11. The van der Waals surface area contributed by atoms with Crippen molar-refractivity contribution < 1.29 is 9.53 Å². The zero-order chi connectivity index (χ0) is 13.9. The number of fused-ring (bicyclic) bond motifs is 1. The van der Waals surface area contributed by atoms with Crippen LogP contribution in [0.2, 0.25) is 0 Å².